The van der Waals surface area contributed by atoms with Crippen LogP contribution in [0.4, 0.5) is 11.4 Å². The van der Waals surface area contributed by atoms with Gasteiger partial charge in [0.1, 0.15) is 6.10 Å². The van der Waals surface area contributed by atoms with Crippen LogP contribution in [0, 0.1) is 0 Å². The molecular formula is C31H36N2O. The van der Waals surface area contributed by atoms with E-state index in [-0.39, 0.29) is 6.10 Å². The smallest absolute Gasteiger partial charge is 0.104 e. The molecule has 0 bridgehead atoms. The van der Waals surface area contributed by atoms with Crippen molar-refractivity contribution in [1.82, 2.24) is 0 Å². The highest BCUT2D eigenvalue weighted by atomic mass is 16.5. The molecule has 176 valence electrons. The van der Waals surface area contributed by atoms with Gasteiger partial charge in [0.05, 0.1) is 6.61 Å². The quantitative estimate of drug-likeness (QED) is 0.357. The largest absolute Gasteiger partial charge is 0.378 e. The number of hydrogen-bond donors (Lipinski definition) is 0. The molecule has 0 heterocycles. The summed E-state index contributed by atoms with van der Waals surface area (Å²) in [6.07, 6.45) is 7.96. The van der Waals surface area contributed by atoms with Gasteiger partial charge < -0.3 is 14.5 Å². The summed E-state index contributed by atoms with van der Waals surface area (Å²) in [6, 6.07) is 28.0. The molecule has 34 heavy (non-hydrogen) atoms. The number of anilines is 2. The van der Waals surface area contributed by atoms with Crippen LogP contribution in [-0.4, -0.2) is 28.2 Å². The highest BCUT2D eigenvalue weighted by Gasteiger charge is 2.21. The lowest BCUT2D eigenvalue weighted by Crippen LogP contribution is -2.12. The van der Waals surface area contributed by atoms with Gasteiger partial charge in [0, 0.05) is 39.6 Å². The molecule has 0 radical (unpaired) electrons. The number of ether oxygens (including phenoxy) is 1. The first-order valence-electron chi connectivity index (χ1n) is 12.1. The molecule has 3 nitrogen and oxygen atoms in total. The van der Waals surface area contributed by atoms with Gasteiger partial charge in [-0.1, -0.05) is 66.7 Å². The Kier molecular flexibility index (Phi) is 7.87. The van der Waals surface area contributed by atoms with Crippen molar-refractivity contribution in [3.05, 3.63) is 113 Å². The van der Waals surface area contributed by atoms with Crippen LogP contribution in [-0.2, 0) is 11.3 Å². The fraction of sp³-hybridized carbons (Fsp3) is 0.290. The zero-order valence-corrected chi connectivity index (χ0v) is 20.9. The molecule has 0 saturated carbocycles. The van der Waals surface area contributed by atoms with Crippen LogP contribution in [0.15, 0.2) is 96.1 Å². The minimum atomic E-state index is -0.0452. The van der Waals surface area contributed by atoms with Crippen LogP contribution in [0.2, 0.25) is 0 Å². The molecule has 3 aromatic carbocycles. The molecule has 3 aromatic rings. The third-order valence-corrected chi connectivity index (χ3v) is 6.37. The lowest BCUT2D eigenvalue weighted by molar-refractivity contribution is 0.0612. The maximum atomic E-state index is 6.58. The Morgan fingerprint density at radius 3 is 2.00 bits per heavy atom. The predicted octanol–water partition coefficient (Wildman–Crippen LogP) is 7.27. The summed E-state index contributed by atoms with van der Waals surface area (Å²) in [5, 5.41) is 0. The highest BCUT2D eigenvalue weighted by Crippen LogP contribution is 2.36. The predicted molar refractivity (Wildman–Crippen MR) is 145 cm³/mol. The average Bonchev–Trinajstić information content (AvgIpc) is 2.86. The van der Waals surface area contributed by atoms with Gasteiger partial charge >= 0.3 is 0 Å². The van der Waals surface area contributed by atoms with Crippen LogP contribution in [0.3, 0.4) is 0 Å². The van der Waals surface area contributed by atoms with Crippen LogP contribution in [0.5, 0.6) is 0 Å². The first-order valence-corrected chi connectivity index (χ1v) is 12.1. The molecule has 1 aliphatic carbocycles. The average molecular weight is 453 g/mol. The fourth-order valence-electron chi connectivity index (χ4n) is 4.40. The van der Waals surface area contributed by atoms with E-state index < -0.39 is 0 Å². The maximum absolute atomic E-state index is 6.58. The summed E-state index contributed by atoms with van der Waals surface area (Å²) in [6.45, 7) is 0.601. The van der Waals surface area contributed by atoms with E-state index in [1.54, 1.807) is 0 Å². The molecule has 0 spiro atoms. The van der Waals surface area contributed by atoms with E-state index in [1.807, 2.05) is 6.07 Å². The Morgan fingerprint density at radius 2 is 1.38 bits per heavy atom. The molecule has 0 N–H and O–H groups in total. The van der Waals surface area contributed by atoms with Crippen molar-refractivity contribution < 1.29 is 4.74 Å². The van der Waals surface area contributed by atoms with Crippen molar-refractivity contribution in [2.45, 2.75) is 32.0 Å². The normalized spacial score (nSPS) is 15.6. The topological polar surface area (TPSA) is 15.7 Å². The molecule has 1 atom stereocenters. The maximum Gasteiger partial charge on any atom is 0.104 e. The standard InChI is InChI=1S/C31H36N2O/c1-32(2)29-17-13-24(14-18-29)21-26-11-8-12-28(22-26)31(34-23-25-9-6-5-7-10-25)27-15-19-30(20-16-27)33(3)4/h5-7,9-10,13-22,31H,8,11-12,23H2,1-4H3. The lowest BCUT2D eigenvalue weighted by atomic mass is 9.88. The number of rotatable bonds is 8. The molecule has 0 fully saturated rings. The SMILES string of the molecule is CN(C)c1ccc(C=C2C=C(C(OCc3ccccc3)c3ccc(N(C)C)cc3)CCC2)cc1. The molecule has 4 rings (SSSR count). The van der Waals surface area contributed by atoms with Crippen LogP contribution in [0.25, 0.3) is 6.08 Å². The zero-order chi connectivity index (χ0) is 23.9. The van der Waals surface area contributed by atoms with Gasteiger partial charge in [0.2, 0.25) is 0 Å². The summed E-state index contributed by atoms with van der Waals surface area (Å²) < 4.78 is 6.58. The second-order valence-corrected chi connectivity index (χ2v) is 9.44. The number of hydrogen-bond acceptors (Lipinski definition) is 3. The van der Waals surface area contributed by atoms with E-state index in [1.165, 1.54) is 39.2 Å². The first-order chi connectivity index (χ1) is 16.5. The molecular weight excluding hydrogens is 416 g/mol. The zero-order valence-electron chi connectivity index (χ0n) is 20.9. The number of nitrogens with zero attached hydrogens (tertiary/aromatic N) is 2. The van der Waals surface area contributed by atoms with Crippen molar-refractivity contribution in [2.75, 3.05) is 38.0 Å². The Balaban J connectivity index is 1.61. The van der Waals surface area contributed by atoms with Gasteiger partial charge in [0.25, 0.3) is 0 Å². The van der Waals surface area contributed by atoms with Gasteiger partial charge in [0.15, 0.2) is 0 Å². The van der Waals surface area contributed by atoms with E-state index in [2.05, 4.69) is 123 Å². The Bertz CT molecular complexity index is 1110. The van der Waals surface area contributed by atoms with Crippen molar-refractivity contribution in [1.29, 1.82) is 0 Å². The summed E-state index contributed by atoms with van der Waals surface area (Å²) in [5.41, 5.74) is 8.81. The molecule has 0 aromatic heterocycles. The number of allylic oxidation sites excluding steroid dienone is 2. The summed E-state index contributed by atoms with van der Waals surface area (Å²) in [4.78, 5) is 4.26. The van der Waals surface area contributed by atoms with Crippen LogP contribution in [0.1, 0.15) is 42.1 Å². The Morgan fingerprint density at radius 1 is 0.765 bits per heavy atom. The Labute approximate surface area is 205 Å². The number of benzene rings is 3. The minimum Gasteiger partial charge on any atom is -0.378 e. The molecule has 0 amide bonds. The first kappa shape index (κ1) is 23.8. The van der Waals surface area contributed by atoms with Crippen LogP contribution >= 0.6 is 0 Å². The molecule has 3 heteroatoms. The molecule has 0 saturated heterocycles. The van der Waals surface area contributed by atoms with Crippen LogP contribution < -0.4 is 9.80 Å². The van der Waals surface area contributed by atoms with Gasteiger partial charge in [-0.3, -0.25) is 0 Å². The summed E-state index contributed by atoms with van der Waals surface area (Å²) in [7, 11) is 8.29. The van der Waals surface area contributed by atoms with Crippen molar-refractivity contribution in [3.63, 3.8) is 0 Å². The summed E-state index contributed by atoms with van der Waals surface area (Å²) in [5.74, 6) is 0. The molecule has 0 aliphatic heterocycles. The lowest BCUT2D eigenvalue weighted by Gasteiger charge is -2.26. The van der Waals surface area contributed by atoms with E-state index in [4.69, 9.17) is 4.74 Å². The summed E-state index contributed by atoms with van der Waals surface area (Å²) >= 11 is 0. The van der Waals surface area contributed by atoms with E-state index in [0.717, 1.165) is 19.3 Å². The van der Waals surface area contributed by atoms with Gasteiger partial charge in [-0.05, 0) is 71.4 Å². The minimum absolute atomic E-state index is 0.0452. The Hall–Kier alpha value is -3.30. The van der Waals surface area contributed by atoms with E-state index in [9.17, 15) is 0 Å². The van der Waals surface area contributed by atoms with Crippen molar-refractivity contribution >= 4 is 17.5 Å². The third-order valence-electron chi connectivity index (χ3n) is 6.37. The molecule has 1 aliphatic rings. The van der Waals surface area contributed by atoms with E-state index in [0.29, 0.717) is 6.61 Å². The van der Waals surface area contributed by atoms with Gasteiger partial charge in [-0.15, -0.1) is 0 Å². The van der Waals surface area contributed by atoms with Gasteiger partial charge in [-0.2, -0.15) is 0 Å². The second-order valence-electron chi connectivity index (χ2n) is 9.44. The molecule has 1 unspecified atom stereocenters. The highest BCUT2D eigenvalue weighted by molar-refractivity contribution is 5.60. The monoisotopic (exact) mass is 452 g/mol. The fourth-order valence-corrected chi connectivity index (χ4v) is 4.40. The van der Waals surface area contributed by atoms with Crippen molar-refractivity contribution in [3.8, 4) is 0 Å². The van der Waals surface area contributed by atoms with E-state index >= 15 is 0 Å². The van der Waals surface area contributed by atoms with Gasteiger partial charge in [-0.25, -0.2) is 0 Å². The van der Waals surface area contributed by atoms with Crippen molar-refractivity contribution in [2.24, 2.45) is 0 Å². The second kappa shape index (κ2) is 11.2. The third kappa shape index (κ3) is 6.18.